The Morgan fingerprint density at radius 1 is 1.73 bits per heavy atom. The molecule has 0 radical (unpaired) electrons. The molecule has 0 fully saturated rings. The summed E-state index contributed by atoms with van der Waals surface area (Å²) in [5.41, 5.74) is 6.07. The van der Waals surface area contributed by atoms with Crippen molar-refractivity contribution in [2.45, 2.75) is 6.92 Å². The first kappa shape index (κ1) is 11.0. The van der Waals surface area contributed by atoms with Crippen LogP contribution in [-0.4, -0.2) is 22.5 Å². The van der Waals surface area contributed by atoms with Crippen LogP contribution in [0.4, 0.5) is 5.82 Å². The van der Waals surface area contributed by atoms with E-state index in [1.54, 1.807) is 18.3 Å². The normalized spacial score (nSPS) is 10.5. The third-order valence-corrected chi connectivity index (χ3v) is 1.70. The minimum atomic E-state index is -0.0853. The Bertz CT molecular complexity index is 388. The number of anilines is 1. The molecular weight excluding hydrogens is 194 g/mol. The first-order valence-electron chi connectivity index (χ1n) is 4.45. The third kappa shape index (κ3) is 3.68. The van der Waals surface area contributed by atoms with Gasteiger partial charge in [0.05, 0.1) is 0 Å². The van der Waals surface area contributed by atoms with E-state index in [-0.39, 0.29) is 17.5 Å². The number of hydrogen-bond acceptors (Lipinski definition) is 4. The number of nitrogens with zero attached hydrogens (tertiary/aromatic N) is 1. The van der Waals surface area contributed by atoms with Gasteiger partial charge in [0.2, 0.25) is 5.91 Å². The predicted octanol–water partition coefficient (Wildman–Crippen LogP) is 0.519. The van der Waals surface area contributed by atoms with E-state index in [1.807, 2.05) is 0 Å². The molecule has 0 spiro atoms. The number of carbonyl (C=O) groups is 1. The maximum atomic E-state index is 10.5. The Labute approximate surface area is 87.6 Å². The van der Waals surface area contributed by atoms with Gasteiger partial charge in [-0.25, -0.2) is 4.98 Å². The average molecular weight is 207 g/mol. The summed E-state index contributed by atoms with van der Waals surface area (Å²) < 4.78 is 0. The molecule has 5 heteroatoms. The molecule has 80 valence electrons. The Balaban J connectivity index is 2.57. The van der Waals surface area contributed by atoms with Crippen molar-refractivity contribution in [1.29, 1.82) is 0 Å². The number of rotatable bonds is 3. The minimum absolute atomic E-state index is 0.0447. The maximum absolute atomic E-state index is 10.5. The van der Waals surface area contributed by atoms with Crippen molar-refractivity contribution in [3.63, 3.8) is 0 Å². The molecule has 5 nitrogen and oxygen atoms in total. The summed E-state index contributed by atoms with van der Waals surface area (Å²) in [5, 5.41) is 11.9. The smallest absolute Gasteiger partial charge is 0.217 e. The van der Waals surface area contributed by atoms with Crippen LogP contribution >= 0.6 is 0 Å². The molecule has 4 N–H and O–H groups in total. The number of hydrogen-bond donors (Lipinski definition) is 3. The number of nitrogens with two attached hydrogens (primary N) is 1. The lowest BCUT2D eigenvalue weighted by Gasteiger charge is -1.98. The lowest BCUT2D eigenvalue weighted by atomic mass is 10.2. The van der Waals surface area contributed by atoms with Crippen LogP contribution in [0, 0.1) is 0 Å². The molecule has 0 bridgehead atoms. The summed E-state index contributed by atoms with van der Waals surface area (Å²) in [6.45, 7) is 1.89. The summed E-state index contributed by atoms with van der Waals surface area (Å²) in [6.07, 6.45) is 5.04. The molecule has 0 saturated heterocycles. The van der Waals surface area contributed by atoms with E-state index < -0.39 is 0 Å². The first-order chi connectivity index (χ1) is 7.09. The van der Waals surface area contributed by atoms with Crippen molar-refractivity contribution >= 4 is 17.8 Å². The van der Waals surface area contributed by atoms with E-state index in [0.29, 0.717) is 6.54 Å². The summed E-state index contributed by atoms with van der Waals surface area (Å²) in [5.74, 6) is -0.0244. The van der Waals surface area contributed by atoms with Crippen LogP contribution in [0.2, 0.25) is 0 Å². The standard InChI is InChI=1S/C10H13N3O2/c1-7(14)12-4-2-3-8-5-9(15)10(11)13-6-8/h2-3,5-6,15H,4H2,1H3,(H2,11,13)(H,12,14). The first-order valence-corrected chi connectivity index (χ1v) is 4.45. The van der Waals surface area contributed by atoms with Crippen molar-refractivity contribution in [2.24, 2.45) is 0 Å². The second-order valence-electron chi connectivity index (χ2n) is 3.01. The van der Waals surface area contributed by atoms with Gasteiger partial charge in [-0.15, -0.1) is 0 Å². The quantitative estimate of drug-likeness (QED) is 0.674. The fourth-order valence-corrected chi connectivity index (χ4v) is 0.968. The molecule has 0 aliphatic heterocycles. The largest absolute Gasteiger partial charge is 0.504 e. The Hall–Kier alpha value is -2.04. The van der Waals surface area contributed by atoms with Crippen LogP contribution in [0.15, 0.2) is 18.3 Å². The maximum Gasteiger partial charge on any atom is 0.217 e. The monoisotopic (exact) mass is 207 g/mol. The van der Waals surface area contributed by atoms with Gasteiger partial charge in [-0.05, 0) is 11.6 Å². The summed E-state index contributed by atoms with van der Waals surface area (Å²) in [4.78, 5) is 14.3. The molecule has 1 rings (SSSR count). The van der Waals surface area contributed by atoms with E-state index in [2.05, 4.69) is 10.3 Å². The zero-order valence-electron chi connectivity index (χ0n) is 8.40. The molecule has 15 heavy (non-hydrogen) atoms. The van der Waals surface area contributed by atoms with Crippen molar-refractivity contribution in [3.05, 3.63) is 23.9 Å². The number of nitrogens with one attached hydrogen (secondary N) is 1. The van der Waals surface area contributed by atoms with Gasteiger partial charge in [0.15, 0.2) is 11.6 Å². The van der Waals surface area contributed by atoms with Crippen LogP contribution in [0.5, 0.6) is 5.75 Å². The van der Waals surface area contributed by atoms with E-state index in [4.69, 9.17) is 5.73 Å². The van der Waals surface area contributed by atoms with E-state index >= 15 is 0 Å². The highest BCUT2D eigenvalue weighted by Crippen LogP contribution is 2.17. The molecular formula is C10H13N3O2. The highest BCUT2D eigenvalue weighted by molar-refractivity contribution is 5.73. The van der Waals surface area contributed by atoms with Gasteiger partial charge in [0, 0.05) is 19.7 Å². The molecule has 0 unspecified atom stereocenters. The topological polar surface area (TPSA) is 88.2 Å². The fourth-order valence-electron chi connectivity index (χ4n) is 0.968. The van der Waals surface area contributed by atoms with Crippen LogP contribution in [0.1, 0.15) is 12.5 Å². The highest BCUT2D eigenvalue weighted by atomic mass is 16.3. The summed E-state index contributed by atoms with van der Waals surface area (Å²) in [7, 11) is 0. The Kier molecular flexibility index (Phi) is 3.68. The van der Waals surface area contributed by atoms with Gasteiger partial charge < -0.3 is 16.2 Å². The number of aromatic hydroxyl groups is 1. The Morgan fingerprint density at radius 3 is 3.07 bits per heavy atom. The number of pyridine rings is 1. The Morgan fingerprint density at radius 2 is 2.47 bits per heavy atom. The SMILES string of the molecule is CC(=O)NCC=Cc1cnc(N)c(O)c1. The van der Waals surface area contributed by atoms with E-state index in [9.17, 15) is 9.90 Å². The molecule has 0 aliphatic rings. The van der Waals surface area contributed by atoms with Crippen LogP contribution in [0.25, 0.3) is 6.08 Å². The molecule has 0 aromatic carbocycles. The second kappa shape index (κ2) is 4.99. The summed E-state index contributed by atoms with van der Waals surface area (Å²) in [6, 6.07) is 1.51. The highest BCUT2D eigenvalue weighted by Gasteiger charge is 1.97. The van der Waals surface area contributed by atoms with Crippen LogP contribution in [-0.2, 0) is 4.79 Å². The van der Waals surface area contributed by atoms with Gasteiger partial charge in [-0.3, -0.25) is 4.79 Å². The van der Waals surface area contributed by atoms with Crippen molar-refractivity contribution in [3.8, 4) is 5.75 Å². The molecule has 0 aliphatic carbocycles. The van der Waals surface area contributed by atoms with Gasteiger partial charge in [0.1, 0.15) is 0 Å². The zero-order chi connectivity index (χ0) is 11.3. The van der Waals surface area contributed by atoms with Crippen LogP contribution in [0.3, 0.4) is 0 Å². The molecule has 1 aromatic rings. The minimum Gasteiger partial charge on any atom is -0.504 e. The lowest BCUT2D eigenvalue weighted by molar-refractivity contribution is -0.118. The second-order valence-corrected chi connectivity index (χ2v) is 3.01. The number of amides is 1. The van der Waals surface area contributed by atoms with Gasteiger partial charge in [-0.2, -0.15) is 0 Å². The molecule has 1 aromatic heterocycles. The van der Waals surface area contributed by atoms with Gasteiger partial charge >= 0.3 is 0 Å². The molecule has 1 amide bonds. The molecule has 0 atom stereocenters. The van der Waals surface area contributed by atoms with E-state index in [1.165, 1.54) is 13.0 Å². The number of carbonyl (C=O) groups excluding carboxylic acids is 1. The lowest BCUT2D eigenvalue weighted by Crippen LogP contribution is -2.19. The number of nitrogen functional groups attached to an aromatic ring is 1. The van der Waals surface area contributed by atoms with Crippen LogP contribution < -0.4 is 11.1 Å². The van der Waals surface area contributed by atoms with Crippen molar-refractivity contribution < 1.29 is 9.90 Å². The fraction of sp³-hybridized carbons (Fsp3) is 0.200. The number of aromatic nitrogens is 1. The van der Waals surface area contributed by atoms with Crippen molar-refractivity contribution in [1.82, 2.24) is 10.3 Å². The van der Waals surface area contributed by atoms with Crippen molar-refractivity contribution in [2.75, 3.05) is 12.3 Å². The van der Waals surface area contributed by atoms with Gasteiger partial charge in [-0.1, -0.05) is 12.2 Å². The zero-order valence-corrected chi connectivity index (χ0v) is 8.40. The summed E-state index contributed by atoms with van der Waals surface area (Å²) >= 11 is 0. The average Bonchev–Trinajstić information content (AvgIpc) is 2.18. The predicted molar refractivity (Wildman–Crippen MR) is 58.0 cm³/mol. The van der Waals surface area contributed by atoms with Gasteiger partial charge in [0.25, 0.3) is 0 Å². The third-order valence-electron chi connectivity index (χ3n) is 1.70. The molecule has 1 heterocycles. The van der Waals surface area contributed by atoms with E-state index in [0.717, 1.165) is 5.56 Å². The molecule has 0 saturated carbocycles.